The van der Waals surface area contributed by atoms with E-state index in [1.54, 1.807) is 24.3 Å². The van der Waals surface area contributed by atoms with Crippen molar-refractivity contribution >= 4 is 23.2 Å². The summed E-state index contributed by atoms with van der Waals surface area (Å²) in [7, 11) is 0. The maximum absolute atomic E-state index is 12.2. The number of aryl methyl sites for hydroxylation is 1. The van der Waals surface area contributed by atoms with Gasteiger partial charge in [0.1, 0.15) is 5.76 Å². The van der Waals surface area contributed by atoms with E-state index < -0.39 is 0 Å². The fourth-order valence-corrected chi connectivity index (χ4v) is 4.24. The van der Waals surface area contributed by atoms with Crippen molar-refractivity contribution in [1.82, 2.24) is 15.5 Å². The number of likely N-dealkylation sites (tertiary alicyclic amines) is 1. The van der Waals surface area contributed by atoms with Gasteiger partial charge in [0.05, 0.1) is 24.4 Å². The van der Waals surface area contributed by atoms with Crippen LogP contribution in [0, 0.1) is 12.8 Å². The van der Waals surface area contributed by atoms with Crippen molar-refractivity contribution in [2.75, 3.05) is 26.2 Å². The third-order valence-electron chi connectivity index (χ3n) is 5.14. The van der Waals surface area contributed by atoms with E-state index in [1.807, 2.05) is 0 Å². The molecule has 3 rings (SSSR count). The molecule has 1 aliphatic heterocycles. The summed E-state index contributed by atoms with van der Waals surface area (Å²) < 4.78 is 5.12. The maximum atomic E-state index is 12.2. The van der Waals surface area contributed by atoms with E-state index in [4.69, 9.17) is 4.42 Å². The Labute approximate surface area is 163 Å². The Kier molecular flexibility index (Phi) is 6.68. The van der Waals surface area contributed by atoms with Crippen LogP contribution in [0.25, 0.3) is 0 Å². The maximum Gasteiger partial charge on any atom is 0.255 e. The van der Waals surface area contributed by atoms with Crippen LogP contribution in [0.5, 0.6) is 0 Å². The summed E-state index contributed by atoms with van der Waals surface area (Å²) in [4.78, 5) is 28.0. The number of thiophene rings is 1. The second-order valence-electron chi connectivity index (χ2n) is 7.13. The minimum Gasteiger partial charge on any atom is -0.469 e. The van der Waals surface area contributed by atoms with Crippen molar-refractivity contribution in [1.29, 1.82) is 0 Å². The van der Waals surface area contributed by atoms with Crippen LogP contribution in [0.15, 0.2) is 34.3 Å². The summed E-state index contributed by atoms with van der Waals surface area (Å²) in [5.74, 6) is 0.832. The van der Waals surface area contributed by atoms with Crippen molar-refractivity contribution in [2.24, 2.45) is 5.92 Å². The lowest BCUT2D eigenvalue weighted by molar-refractivity contribution is -0.120. The Hall–Kier alpha value is -2.12. The second-order valence-corrected chi connectivity index (χ2v) is 8.11. The molecule has 0 saturated carbocycles. The molecule has 3 heterocycles. The SMILES string of the molecule is Cc1occc1C(=O)NCC(=O)NCC(c1cccs1)N1CCC(C)CC1. The lowest BCUT2D eigenvalue weighted by Gasteiger charge is -2.36. The lowest BCUT2D eigenvalue weighted by atomic mass is 9.97. The van der Waals surface area contributed by atoms with Crippen molar-refractivity contribution in [3.63, 3.8) is 0 Å². The number of piperidine rings is 1. The average molecular weight is 390 g/mol. The van der Waals surface area contributed by atoms with E-state index in [1.165, 1.54) is 24.0 Å². The molecule has 0 aliphatic carbocycles. The average Bonchev–Trinajstić information content (AvgIpc) is 3.33. The summed E-state index contributed by atoms with van der Waals surface area (Å²) in [6.07, 6.45) is 3.85. The van der Waals surface area contributed by atoms with Gasteiger partial charge in [-0.3, -0.25) is 14.5 Å². The van der Waals surface area contributed by atoms with E-state index in [0.29, 0.717) is 17.9 Å². The van der Waals surface area contributed by atoms with Gasteiger partial charge in [0.15, 0.2) is 0 Å². The molecule has 1 fully saturated rings. The number of carbonyl (C=O) groups is 2. The van der Waals surface area contributed by atoms with Crippen molar-refractivity contribution < 1.29 is 14.0 Å². The van der Waals surface area contributed by atoms with E-state index in [-0.39, 0.29) is 24.4 Å². The summed E-state index contributed by atoms with van der Waals surface area (Å²) in [5, 5.41) is 7.70. The van der Waals surface area contributed by atoms with Gasteiger partial charge in [-0.2, -0.15) is 0 Å². The standard InChI is InChI=1S/C20H27N3O3S/c1-14-5-8-23(9-6-14)17(18-4-3-11-27-18)12-21-19(24)13-22-20(25)16-7-10-26-15(16)2/h3-4,7,10-11,14,17H,5-6,8-9,12-13H2,1-2H3,(H,21,24)(H,22,25). The Morgan fingerprint density at radius 1 is 1.30 bits per heavy atom. The lowest BCUT2D eigenvalue weighted by Crippen LogP contribution is -2.44. The summed E-state index contributed by atoms with van der Waals surface area (Å²) in [5.41, 5.74) is 0.460. The first-order chi connectivity index (χ1) is 13.0. The third kappa shape index (κ3) is 5.20. The minimum absolute atomic E-state index is 0.0440. The molecule has 1 saturated heterocycles. The Balaban J connectivity index is 1.51. The Morgan fingerprint density at radius 3 is 2.70 bits per heavy atom. The number of amides is 2. The number of rotatable bonds is 7. The van der Waals surface area contributed by atoms with Gasteiger partial charge in [-0.25, -0.2) is 0 Å². The molecular weight excluding hydrogens is 362 g/mol. The Morgan fingerprint density at radius 2 is 2.07 bits per heavy atom. The van der Waals surface area contributed by atoms with Crippen molar-refractivity contribution in [2.45, 2.75) is 32.7 Å². The molecule has 2 aromatic heterocycles. The third-order valence-corrected chi connectivity index (χ3v) is 6.11. The van der Waals surface area contributed by atoms with Crippen LogP contribution in [0.2, 0.25) is 0 Å². The fourth-order valence-electron chi connectivity index (χ4n) is 3.38. The number of carbonyl (C=O) groups excluding carboxylic acids is 2. The molecule has 2 amide bonds. The molecule has 0 radical (unpaired) electrons. The molecule has 1 aliphatic rings. The topological polar surface area (TPSA) is 74.6 Å². The zero-order chi connectivity index (χ0) is 19.2. The molecule has 0 spiro atoms. The number of nitrogens with zero attached hydrogens (tertiary/aromatic N) is 1. The number of furan rings is 1. The highest BCUT2D eigenvalue weighted by Crippen LogP contribution is 2.29. The highest BCUT2D eigenvalue weighted by Gasteiger charge is 2.25. The van der Waals surface area contributed by atoms with Gasteiger partial charge in [0.2, 0.25) is 5.91 Å². The first kappa shape index (κ1) is 19.6. The van der Waals surface area contributed by atoms with Gasteiger partial charge < -0.3 is 15.1 Å². The normalized spacial score (nSPS) is 16.8. The van der Waals surface area contributed by atoms with Crippen molar-refractivity contribution in [3.05, 3.63) is 46.0 Å². The van der Waals surface area contributed by atoms with Gasteiger partial charge >= 0.3 is 0 Å². The summed E-state index contributed by atoms with van der Waals surface area (Å²) >= 11 is 1.72. The zero-order valence-corrected chi connectivity index (χ0v) is 16.7. The predicted octanol–water partition coefficient (Wildman–Crippen LogP) is 2.97. The first-order valence-electron chi connectivity index (χ1n) is 9.41. The number of hydrogen-bond donors (Lipinski definition) is 2. The largest absolute Gasteiger partial charge is 0.469 e. The molecule has 27 heavy (non-hydrogen) atoms. The van der Waals surface area contributed by atoms with Crippen molar-refractivity contribution in [3.8, 4) is 0 Å². The Bertz CT molecular complexity index is 748. The smallest absolute Gasteiger partial charge is 0.255 e. The molecule has 2 aromatic rings. The van der Waals surface area contributed by atoms with Gasteiger partial charge in [-0.15, -0.1) is 11.3 Å². The fraction of sp³-hybridized carbons (Fsp3) is 0.500. The van der Waals surface area contributed by atoms with E-state index in [2.05, 4.69) is 40.0 Å². The summed E-state index contributed by atoms with van der Waals surface area (Å²) in [6.45, 7) is 6.63. The van der Waals surface area contributed by atoms with Crippen LogP contribution in [-0.4, -0.2) is 42.9 Å². The van der Waals surface area contributed by atoms with E-state index >= 15 is 0 Å². The van der Waals surface area contributed by atoms with E-state index in [9.17, 15) is 9.59 Å². The molecule has 7 heteroatoms. The highest BCUT2D eigenvalue weighted by atomic mass is 32.1. The van der Waals surface area contributed by atoms with Gasteiger partial charge in [0, 0.05) is 11.4 Å². The van der Waals surface area contributed by atoms with Crippen LogP contribution >= 0.6 is 11.3 Å². The molecular formula is C20H27N3O3S. The quantitative estimate of drug-likeness (QED) is 0.763. The monoisotopic (exact) mass is 389 g/mol. The molecule has 0 bridgehead atoms. The first-order valence-corrected chi connectivity index (χ1v) is 10.3. The summed E-state index contributed by atoms with van der Waals surface area (Å²) in [6, 6.07) is 5.97. The second kappa shape index (κ2) is 9.19. The minimum atomic E-state index is -0.295. The van der Waals surface area contributed by atoms with Gasteiger partial charge in [0.25, 0.3) is 5.91 Å². The molecule has 2 N–H and O–H groups in total. The number of nitrogens with one attached hydrogen (secondary N) is 2. The van der Waals surface area contributed by atoms with Crippen LogP contribution in [0.3, 0.4) is 0 Å². The molecule has 6 nitrogen and oxygen atoms in total. The molecule has 1 unspecified atom stereocenters. The van der Waals surface area contributed by atoms with Gasteiger partial charge in [-0.05, 0) is 56.3 Å². The zero-order valence-electron chi connectivity index (χ0n) is 15.9. The molecule has 1 atom stereocenters. The van der Waals surface area contributed by atoms with Crippen LogP contribution < -0.4 is 10.6 Å². The highest BCUT2D eigenvalue weighted by molar-refractivity contribution is 7.10. The van der Waals surface area contributed by atoms with Gasteiger partial charge in [-0.1, -0.05) is 13.0 Å². The number of hydrogen-bond acceptors (Lipinski definition) is 5. The van der Waals surface area contributed by atoms with E-state index in [0.717, 1.165) is 19.0 Å². The predicted molar refractivity (Wildman–Crippen MR) is 106 cm³/mol. The molecule has 146 valence electrons. The van der Waals surface area contributed by atoms with Crippen LogP contribution in [0.1, 0.15) is 46.8 Å². The molecule has 0 aromatic carbocycles. The van der Waals surface area contributed by atoms with Crippen LogP contribution in [-0.2, 0) is 4.79 Å². The van der Waals surface area contributed by atoms with Crippen LogP contribution in [0.4, 0.5) is 0 Å².